The molecule has 0 unspecified atom stereocenters. The Balaban J connectivity index is 2.17. The molecular formula is C18H17ClN2O6. The zero-order valence-electron chi connectivity index (χ0n) is 14.9. The van der Waals surface area contributed by atoms with Crippen LogP contribution in [-0.2, 0) is 4.74 Å². The normalized spacial score (nSPS) is 10.2. The lowest BCUT2D eigenvalue weighted by Crippen LogP contribution is -2.18. The van der Waals surface area contributed by atoms with E-state index in [1.807, 2.05) is 0 Å². The van der Waals surface area contributed by atoms with Crippen molar-refractivity contribution in [1.29, 1.82) is 0 Å². The van der Waals surface area contributed by atoms with Crippen LogP contribution in [0.1, 0.15) is 20.7 Å². The number of rotatable bonds is 7. The van der Waals surface area contributed by atoms with Gasteiger partial charge in [-0.05, 0) is 24.3 Å². The Labute approximate surface area is 160 Å². The first kappa shape index (κ1) is 20.2. The summed E-state index contributed by atoms with van der Waals surface area (Å²) in [4.78, 5) is 36.6. The highest BCUT2D eigenvalue weighted by Crippen LogP contribution is 2.26. The van der Waals surface area contributed by atoms with Crippen LogP contribution in [0.3, 0.4) is 0 Å². The number of anilines is 1. The van der Waals surface area contributed by atoms with Gasteiger partial charge in [-0.25, -0.2) is 4.79 Å². The maximum absolute atomic E-state index is 12.4. The first-order valence-electron chi connectivity index (χ1n) is 7.74. The van der Waals surface area contributed by atoms with Crippen molar-refractivity contribution in [3.05, 3.63) is 62.7 Å². The Morgan fingerprint density at radius 1 is 1.19 bits per heavy atom. The van der Waals surface area contributed by atoms with Gasteiger partial charge in [0.2, 0.25) is 0 Å². The summed E-state index contributed by atoms with van der Waals surface area (Å²) in [5.74, 6) is -0.891. The fourth-order valence-corrected chi connectivity index (χ4v) is 2.58. The standard InChI is InChI=1S/C18H17ClN2O6/c1-20(2)15-6-5-12(21(24)25)9-13(15)18(23)27-10-16(22)11-4-7-17(26-3)14(19)8-11/h4-9H,10H2,1-3H3. The van der Waals surface area contributed by atoms with E-state index in [0.29, 0.717) is 11.4 Å². The lowest BCUT2D eigenvalue weighted by atomic mass is 10.1. The van der Waals surface area contributed by atoms with Gasteiger partial charge < -0.3 is 14.4 Å². The number of carbonyl (C=O) groups is 2. The predicted molar refractivity (Wildman–Crippen MR) is 100 cm³/mol. The fourth-order valence-electron chi connectivity index (χ4n) is 2.32. The van der Waals surface area contributed by atoms with Crippen molar-refractivity contribution in [2.75, 3.05) is 32.7 Å². The highest BCUT2D eigenvalue weighted by atomic mass is 35.5. The molecule has 27 heavy (non-hydrogen) atoms. The number of hydrogen-bond donors (Lipinski definition) is 0. The highest BCUT2D eigenvalue weighted by molar-refractivity contribution is 6.32. The van der Waals surface area contributed by atoms with E-state index in [0.717, 1.165) is 6.07 Å². The lowest BCUT2D eigenvalue weighted by molar-refractivity contribution is -0.384. The van der Waals surface area contributed by atoms with E-state index in [4.69, 9.17) is 21.1 Å². The molecule has 0 atom stereocenters. The maximum Gasteiger partial charge on any atom is 0.340 e. The molecule has 0 saturated heterocycles. The van der Waals surface area contributed by atoms with Gasteiger partial charge >= 0.3 is 5.97 Å². The van der Waals surface area contributed by atoms with Crippen LogP contribution >= 0.6 is 11.6 Å². The number of carbonyl (C=O) groups excluding carboxylic acids is 2. The minimum absolute atomic E-state index is 0.00485. The van der Waals surface area contributed by atoms with E-state index in [1.165, 1.54) is 37.4 Å². The van der Waals surface area contributed by atoms with Gasteiger partial charge in [-0.1, -0.05) is 11.6 Å². The average Bonchev–Trinajstić information content (AvgIpc) is 2.64. The summed E-state index contributed by atoms with van der Waals surface area (Å²) in [5.41, 5.74) is 0.432. The molecule has 0 fully saturated rings. The molecule has 0 amide bonds. The van der Waals surface area contributed by atoms with Crippen molar-refractivity contribution in [2.45, 2.75) is 0 Å². The van der Waals surface area contributed by atoms with Crippen molar-refractivity contribution >= 4 is 34.7 Å². The summed E-state index contributed by atoms with van der Waals surface area (Å²) in [6, 6.07) is 8.29. The Hall–Kier alpha value is -3.13. The van der Waals surface area contributed by atoms with Crippen LogP contribution in [-0.4, -0.2) is 44.5 Å². The second-order valence-corrected chi connectivity index (χ2v) is 6.11. The van der Waals surface area contributed by atoms with Crippen molar-refractivity contribution < 1.29 is 24.0 Å². The van der Waals surface area contributed by atoms with Gasteiger partial charge in [0.15, 0.2) is 12.4 Å². The molecule has 142 valence electrons. The molecule has 2 aromatic carbocycles. The number of halogens is 1. The third-order valence-corrected chi connectivity index (χ3v) is 4.00. The van der Waals surface area contributed by atoms with E-state index in [1.54, 1.807) is 19.0 Å². The zero-order chi connectivity index (χ0) is 20.1. The number of ketones is 1. The molecule has 0 aliphatic rings. The van der Waals surface area contributed by atoms with Gasteiger partial charge in [-0.3, -0.25) is 14.9 Å². The molecule has 0 aliphatic carbocycles. The second-order valence-electron chi connectivity index (χ2n) is 5.70. The number of non-ortho nitro benzene ring substituents is 1. The van der Waals surface area contributed by atoms with E-state index in [2.05, 4.69) is 0 Å². The maximum atomic E-state index is 12.4. The summed E-state index contributed by atoms with van der Waals surface area (Å²) >= 11 is 5.98. The number of esters is 1. The fraction of sp³-hybridized carbons (Fsp3) is 0.222. The Bertz CT molecular complexity index is 897. The molecule has 0 bridgehead atoms. The molecule has 0 heterocycles. The molecule has 0 N–H and O–H groups in total. The van der Waals surface area contributed by atoms with Crippen LogP contribution in [0.15, 0.2) is 36.4 Å². The van der Waals surface area contributed by atoms with Crippen LogP contribution in [0, 0.1) is 10.1 Å². The molecule has 2 aromatic rings. The zero-order valence-corrected chi connectivity index (χ0v) is 15.6. The van der Waals surface area contributed by atoms with Crippen LogP contribution in [0.5, 0.6) is 5.75 Å². The summed E-state index contributed by atoms with van der Waals surface area (Å²) in [7, 11) is 4.82. The molecular weight excluding hydrogens is 376 g/mol. The minimum atomic E-state index is -0.838. The summed E-state index contributed by atoms with van der Waals surface area (Å²) in [5, 5.41) is 11.2. The number of ether oxygens (including phenoxy) is 2. The average molecular weight is 393 g/mol. The minimum Gasteiger partial charge on any atom is -0.495 e. The van der Waals surface area contributed by atoms with E-state index in [-0.39, 0.29) is 21.8 Å². The van der Waals surface area contributed by atoms with Gasteiger partial charge in [0.25, 0.3) is 5.69 Å². The van der Waals surface area contributed by atoms with Crippen molar-refractivity contribution in [3.8, 4) is 5.75 Å². The number of methoxy groups -OCH3 is 1. The third-order valence-electron chi connectivity index (χ3n) is 3.70. The molecule has 0 spiro atoms. The van der Waals surface area contributed by atoms with Crippen LogP contribution in [0.4, 0.5) is 11.4 Å². The second kappa shape index (κ2) is 8.50. The molecule has 8 nitrogen and oxygen atoms in total. The quantitative estimate of drug-likeness (QED) is 0.308. The molecule has 0 aromatic heterocycles. The molecule has 9 heteroatoms. The number of Topliss-reactive ketones (excluding diaryl/α,β-unsaturated/α-hetero) is 1. The molecule has 0 saturated carbocycles. The van der Waals surface area contributed by atoms with Crippen molar-refractivity contribution in [1.82, 2.24) is 0 Å². The SMILES string of the molecule is COc1ccc(C(=O)COC(=O)c2cc([N+](=O)[O-])ccc2N(C)C)cc1Cl. The van der Waals surface area contributed by atoms with Crippen LogP contribution in [0.25, 0.3) is 0 Å². The molecule has 2 rings (SSSR count). The smallest absolute Gasteiger partial charge is 0.340 e. The summed E-state index contributed by atoms with van der Waals surface area (Å²) in [6.45, 7) is -0.531. The molecule has 0 aliphatic heterocycles. The summed E-state index contributed by atoms with van der Waals surface area (Å²) < 4.78 is 10.1. The Morgan fingerprint density at radius 2 is 1.89 bits per heavy atom. The van der Waals surface area contributed by atoms with Crippen molar-refractivity contribution in [3.63, 3.8) is 0 Å². The van der Waals surface area contributed by atoms with Gasteiger partial charge in [0.05, 0.1) is 28.3 Å². The van der Waals surface area contributed by atoms with E-state index in [9.17, 15) is 19.7 Å². The Morgan fingerprint density at radius 3 is 2.44 bits per heavy atom. The Kier molecular flexibility index (Phi) is 6.36. The van der Waals surface area contributed by atoms with E-state index >= 15 is 0 Å². The summed E-state index contributed by atoms with van der Waals surface area (Å²) in [6.07, 6.45) is 0. The first-order valence-corrected chi connectivity index (χ1v) is 8.12. The number of nitrogens with zero attached hydrogens (tertiary/aromatic N) is 2. The number of hydrogen-bond acceptors (Lipinski definition) is 7. The number of benzene rings is 2. The predicted octanol–water partition coefficient (Wildman–Crippen LogP) is 3.36. The topological polar surface area (TPSA) is 99.0 Å². The lowest BCUT2D eigenvalue weighted by Gasteiger charge is -2.16. The van der Waals surface area contributed by atoms with Gasteiger partial charge in [0, 0.05) is 31.8 Å². The number of nitro groups is 1. The van der Waals surface area contributed by atoms with Crippen molar-refractivity contribution in [2.24, 2.45) is 0 Å². The largest absolute Gasteiger partial charge is 0.495 e. The third kappa shape index (κ3) is 4.73. The van der Waals surface area contributed by atoms with Gasteiger partial charge in [0.1, 0.15) is 5.75 Å². The number of nitro benzene ring substituents is 1. The van der Waals surface area contributed by atoms with E-state index < -0.39 is 23.3 Å². The first-order chi connectivity index (χ1) is 12.7. The van der Waals surface area contributed by atoms with Gasteiger partial charge in [-0.15, -0.1) is 0 Å². The monoisotopic (exact) mass is 392 g/mol. The highest BCUT2D eigenvalue weighted by Gasteiger charge is 2.20. The van der Waals surface area contributed by atoms with Crippen LogP contribution in [0.2, 0.25) is 5.02 Å². The van der Waals surface area contributed by atoms with Crippen LogP contribution < -0.4 is 9.64 Å². The van der Waals surface area contributed by atoms with Gasteiger partial charge in [-0.2, -0.15) is 0 Å². The molecule has 0 radical (unpaired) electrons.